The van der Waals surface area contributed by atoms with Crippen molar-refractivity contribution in [2.45, 2.75) is 50.9 Å². The zero-order valence-electron chi connectivity index (χ0n) is 28.3. The van der Waals surface area contributed by atoms with Gasteiger partial charge in [0.25, 0.3) is 5.56 Å². The van der Waals surface area contributed by atoms with Gasteiger partial charge in [0.15, 0.2) is 0 Å². The summed E-state index contributed by atoms with van der Waals surface area (Å²) in [4.78, 5) is 45.5. The maximum Gasteiger partial charge on any atom is 0.262 e. The number of rotatable bonds is 12. The van der Waals surface area contributed by atoms with Crippen molar-refractivity contribution in [1.29, 1.82) is 0 Å². The number of carbonyl (C=O) groups is 2. The summed E-state index contributed by atoms with van der Waals surface area (Å²) in [6.07, 6.45) is 5.74. The minimum atomic E-state index is -0.519. The van der Waals surface area contributed by atoms with E-state index in [4.69, 9.17) is 32.9 Å². The van der Waals surface area contributed by atoms with Crippen LogP contribution in [-0.4, -0.2) is 58.5 Å². The van der Waals surface area contributed by atoms with Crippen molar-refractivity contribution in [3.05, 3.63) is 104 Å². The molecular formula is C38H36Cl2FN7O4. The zero-order chi connectivity index (χ0) is 36.4. The molecule has 5 heterocycles. The van der Waals surface area contributed by atoms with Crippen LogP contribution in [0.25, 0.3) is 39.2 Å². The number of hydrogen-bond donors (Lipinski definition) is 4. The van der Waals surface area contributed by atoms with Crippen LogP contribution in [0.15, 0.2) is 71.8 Å². The number of ether oxygens (including phenoxy) is 1. The molecule has 5 aromatic rings. The van der Waals surface area contributed by atoms with E-state index in [0.29, 0.717) is 94.6 Å². The molecule has 2 aliphatic rings. The van der Waals surface area contributed by atoms with Gasteiger partial charge in [-0.05, 0) is 48.7 Å². The third kappa shape index (κ3) is 7.51. The van der Waals surface area contributed by atoms with Gasteiger partial charge in [-0.15, -0.1) is 0 Å². The Morgan fingerprint density at radius 3 is 2.17 bits per heavy atom. The van der Waals surface area contributed by atoms with Crippen LogP contribution in [-0.2, 0) is 22.7 Å². The van der Waals surface area contributed by atoms with Crippen molar-refractivity contribution >= 4 is 40.7 Å². The van der Waals surface area contributed by atoms with Crippen LogP contribution in [0, 0.1) is 5.82 Å². The monoisotopic (exact) mass is 743 g/mol. The maximum absolute atomic E-state index is 15.3. The number of nitrogens with zero attached hydrogens (tertiary/aromatic N) is 3. The largest absolute Gasteiger partial charge is 0.481 e. The Balaban J connectivity index is 1.13. The average Bonchev–Trinajstić information content (AvgIpc) is 3.76. The fraction of sp³-hybridized carbons (Fsp3) is 0.289. The SMILES string of the molecule is COc1nc(-c2cccc(-c3cc(F)cc(-c4ccn5c(=O)c(CNC[C@H]6CCC(=O)N6)cnc5c4)c3Cl)c2Cl)ccc1CNC[C@@H]1CCC(=O)N1. The van der Waals surface area contributed by atoms with E-state index in [9.17, 15) is 14.4 Å². The molecule has 7 rings (SSSR count). The molecule has 2 amide bonds. The topological polar surface area (TPSA) is 139 Å². The molecule has 0 unspecified atom stereocenters. The predicted octanol–water partition coefficient (Wildman–Crippen LogP) is 5.28. The molecular weight excluding hydrogens is 708 g/mol. The van der Waals surface area contributed by atoms with Crippen molar-refractivity contribution in [3.8, 4) is 39.4 Å². The Hall–Kier alpha value is -4.88. The number of pyridine rings is 2. The van der Waals surface area contributed by atoms with Crippen LogP contribution < -0.4 is 31.6 Å². The molecule has 11 nitrogen and oxygen atoms in total. The molecule has 0 radical (unpaired) electrons. The van der Waals surface area contributed by atoms with Gasteiger partial charge < -0.3 is 26.0 Å². The highest BCUT2D eigenvalue weighted by atomic mass is 35.5. The quantitative estimate of drug-likeness (QED) is 0.136. The summed E-state index contributed by atoms with van der Waals surface area (Å²) in [5, 5.41) is 13.0. The van der Waals surface area contributed by atoms with Crippen molar-refractivity contribution < 1.29 is 18.7 Å². The highest BCUT2D eigenvalue weighted by Gasteiger charge is 2.22. The highest BCUT2D eigenvalue weighted by Crippen LogP contribution is 2.43. The summed E-state index contributed by atoms with van der Waals surface area (Å²) < 4.78 is 22.4. The van der Waals surface area contributed by atoms with Crippen LogP contribution in [0.5, 0.6) is 5.88 Å². The fourth-order valence-corrected chi connectivity index (χ4v) is 7.33. The number of hydrogen-bond acceptors (Lipinski definition) is 8. The number of methoxy groups -OCH3 is 1. The van der Waals surface area contributed by atoms with E-state index in [1.165, 1.54) is 22.7 Å². The number of aromatic nitrogens is 3. The molecule has 3 aromatic heterocycles. The zero-order valence-corrected chi connectivity index (χ0v) is 29.8. The van der Waals surface area contributed by atoms with Gasteiger partial charge in [-0.1, -0.05) is 47.5 Å². The lowest BCUT2D eigenvalue weighted by Gasteiger charge is -2.16. The summed E-state index contributed by atoms with van der Waals surface area (Å²) in [5.41, 5.74) is 4.52. The van der Waals surface area contributed by atoms with E-state index in [2.05, 4.69) is 26.3 Å². The van der Waals surface area contributed by atoms with Crippen LogP contribution in [0.4, 0.5) is 4.39 Å². The Labute approximate surface area is 308 Å². The van der Waals surface area contributed by atoms with E-state index in [1.807, 2.05) is 18.2 Å². The lowest BCUT2D eigenvalue weighted by molar-refractivity contribution is -0.120. The van der Waals surface area contributed by atoms with Gasteiger partial charge in [0, 0.05) is 96.9 Å². The fourth-order valence-electron chi connectivity index (χ4n) is 6.69. The minimum absolute atomic E-state index is 0.0375. The number of nitrogens with one attached hydrogen (secondary N) is 4. The van der Waals surface area contributed by atoms with E-state index in [-0.39, 0.29) is 34.5 Å². The second-order valence-corrected chi connectivity index (χ2v) is 13.7. The minimum Gasteiger partial charge on any atom is -0.481 e. The Bertz CT molecular complexity index is 2250. The first-order valence-electron chi connectivity index (χ1n) is 17.0. The molecule has 2 atom stereocenters. The Morgan fingerprint density at radius 2 is 1.50 bits per heavy atom. The molecule has 4 N–H and O–H groups in total. The summed E-state index contributed by atoms with van der Waals surface area (Å²) in [6.45, 7) is 1.99. The second-order valence-electron chi connectivity index (χ2n) is 12.9. The molecule has 14 heteroatoms. The molecule has 2 fully saturated rings. The van der Waals surface area contributed by atoms with E-state index < -0.39 is 5.82 Å². The Kier molecular flexibility index (Phi) is 10.5. The summed E-state index contributed by atoms with van der Waals surface area (Å²) in [5.74, 6) is 0.0201. The number of benzene rings is 2. The molecule has 0 spiro atoms. The Morgan fingerprint density at radius 1 is 0.846 bits per heavy atom. The first-order chi connectivity index (χ1) is 25.2. The van der Waals surface area contributed by atoms with Gasteiger partial charge in [-0.3, -0.25) is 18.8 Å². The first kappa shape index (κ1) is 35.5. The van der Waals surface area contributed by atoms with Crippen LogP contribution in [0.2, 0.25) is 10.0 Å². The average molecular weight is 745 g/mol. The lowest BCUT2D eigenvalue weighted by Crippen LogP contribution is -2.36. The van der Waals surface area contributed by atoms with Crippen molar-refractivity contribution in [2.24, 2.45) is 0 Å². The first-order valence-corrected chi connectivity index (χ1v) is 17.8. The van der Waals surface area contributed by atoms with Crippen LogP contribution in [0.3, 0.4) is 0 Å². The van der Waals surface area contributed by atoms with Crippen molar-refractivity contribution in [1.82, 2.24) is 35.6 Å². The molecule has 2 aliphatic heterocycles. The standard InChI is InChI=1S/C38H36Cl2FN7O4/c1-52-37-22(16-42-19-25-6-9-33(49)45-25)5-8-31(47-37)28-4-2-3-27(35(28)39)30-15-24(41)14-29(36(30)40)21-11-12-48-32(13-21)44-18-23(38(48)51)17-43-20-26-7-10-34(50)46-26/h2-5,8,11-15,18,25-26,42-43H,6-7,9-10,16-17,19-20H2,1H3,(H,45,49)(H,46,50)/t25-,26+/m0/s1. The van der Waals surface area contributed by atoms with Crippen molar-refractivity contribution in [3.63, 3.8) is 0 Å². The van der Waals surface area contributed by atoms with Gasteiger partial charge in [0.1, 0.15) is 11.5 Å². The molecule has 2 aromatic carbocycles. The van der Waals surface area contributed by atoms with Gasteiger partial charge in [-0.25, -0.2) is 14.4 Å². The van der Waals surface area contributed by atoms with Gasteiger partial charge >= 0.3 is 0 Å². The van der Waals surface area contributed by atoms with Gasteiger partial charge in [0.05, 0.1) is 22.8 Å². The van der Waals surface area contributed by atoms with Gasteiger partial charge in [0.2, 0.25) is 17.7 Å². The number of amides is 2. The third-order valence-electron chi connectivity index (χ3n) is 9.41. The summed E-state index contributed by atoms with van der Waals surface area (Å²) in [7, 11) is 1.55. The summed E-state index contributed by atoms with van der Waals surface area (Å²) in [6, 6.07) is 15.4. The number of fused-ring (bicyclic) bond motifs is 1. The van der Waals surface area contributed by atoms with Crippen LogP contribution in [0.1, 0.15) is 36.8 Å². The molecule has 2 saturated heterocycles. The maximum atomic E-state index is 15.3. The molecule has 52 heavy (non-hydrogen) atoms. The summed E-state index contributed by atoms with van der Waals surface area (Å²) >= 11 is 14.0. The number of halogens is 3. The highest BCUT2D eigenvalue weighted by molar-refractivity contribution is 6.39. The van der Waals surface area contributed by atoms with Crippen molar-refractivity contribution in [2.75, 3.05) is 20.2 Å². The number of carbonyl (C=O) groups excluding carboxylic acids is 2. The lowest BCUT2D eigenvalue weighted by atomic mass is 9.96. The van der Waals surface area contributed by atoms with Crippen LogP contribution >= 0.6 is 23.2 Å². The van der Waals surface area contributed by atoms with E-state index in [0.717, 1.165) is 18.4 Å². The molecule has 268 valence electrons. The smallest absolute Gasteiger partial charge is 0.262 e. The molecule has 0 aliphatic carbocycles. The molecule has 0 saturated carbocycles. The predicted molar refractivity (Wildman–Crippen MR) is 198 cm³/mol. The van der Waals surface area contributed by atoms with E-state index in [1.54, 1.807) is 37.6 Å². The third-order valence-corrected chi connectivity index (χ3v) is 10.2. The van der Waals surface area contributed by atoms with Gasteiger partial charge in [-0.2, -0.15) is 0 Å². The normalized spacial score (nSPS) is 17.1. The molecule has 0 bridgehead atoms. The van der Waals surface area contributed by atoms with E-state index >= 15 is 4.39 Å². The second kappa shape index (κ2) is 15.4.